The van der Waals surface area contributed by atoms with Gasteiger partial charge in [-0.3, -0.25) is 9.78 Å². The lowest BCUT2D eigenvalue weighted by molar-refractivity contribution is -0.132. The molecule has 6 heteroatoms. The molecule has 0 N–H and O–H groups in total. The molecule has 0 aromatic carbocycles. The van der Waals surface area contributed by atoms with Gasteiger partial charge >= 0.3 is 0 Å². The van der Waals surface area contributed by atoms with Gasteiger partial charge in [-0.25, -0.2) is 0 Å². The van der Waals surface area contributed by atoms with E-state index in [-0.39, 0.29) is 17.9 Å². The molecule has 1 aliphatic heterocycles. The first-order valence-corrected chi connectivity index (χ1v) is 8.68. The van der Waals surface area contributed by atoms with Crippen molar-refractivity contribution in [3.63, 3.8) is 0 Å². The minimum absolute atomic E-state index is 0.0383. The van der Waals surface area contributed by atoms with Crippen LogP contribution in [-0.2, 0) is 11.2 Å². The van der Waals surface area contributed by atoms with Crippen LogP contribution < -0.4 is 0 Å². The SMILES string of the molecule is CC(C)c1nc([C@H]2CCCN2C(=O)CCCc2ccccn2)no1. The molecule has 128 valence electrons. The second kappa shape index (κ2) is 7.55. The van der Waals surface area contributed by atoms with Gasteiger partial charge in [0.2, 0.25) is 11.8 Å². The highest BCUT2D eigenvalue weighted by molar-refractivity contribution is 5.76. The number of likely N-dealkylation sites (tertiary alicyclic amines) is 1. The Labute approximate surface area is 142 Å². The fraction of sp³-hybridized carbons (Fsp3) is 0.556. The van der Waals surface area contributed by atoms with Crippen molar-refractivity contribution in [1.29, 1.82) is 0 Å². The molecular formula is C18H24N4O2. The van der Waals surface area contributed by atoms with Gasteiger partial charge in [0.25, 0.3) is 0 Å². The average molecular weight is 328 g/mol. The zero-order chi connectivity index (χ0) is 16.9. The molecule has 24 heavy (non-hydrogen) atoms. The van der Waals surface area contributed by atoms with Gasteiger partial charge < -0.3 is 9.42 Å². The van der Waals surface area contributed by atoms with Gasteiger partial charge in [0.05, 0.1) is 6.04 Å². The van der Waals surface area contributed by atoms with Crippen LogP contribution in [0.5, 0.6) is 0 Å². The largest absolute Gasteiger partial charge is 0.339 e. The zero-order valence-corrected chi connectivity index (χ0v) is 14.3. The van der Waals surface area contributed by atoms with E-state index in [0.29, 0.717) is 18.1 Å². The molecule has 0 bridgehead atoms. The van der Waals surface area contributed by atoms with E-state index in [1.807, 2.05) is 36.9 Å². The van der Waals surface area contributed by atoms with E-state index in [1.165, 1.54) is 0 Å². The van der Waals surface area contributed by atoms with Gasteiger partial charge in [-0.2, -0.15) is 4.98 Å². The van der Waals surface area contributed by atoms with Crippen LogP contribution in [0.1, 0.15) is 68.9 Å². The minimum Gasteiger partial charge on any atom is -0.339 e. The van der Waals surface area contributed by atoms with Gasteiger partial charge in [-0.15, -0.1) is 0 Å². The lowest BCUT2D eigenvalue weighted by atomic mass is 10.1. The number of carbonyl (C=O) groups is 1. The Kier molecular flexibility index (Phi) is 5.23. The van der Waals surface area contributed by atoms with Crippen molar-refractivity contribution in [3.8, 4) is 0 Å². The molecule has 0 aliphatic carbocycles. The lowest BCUT2D eigenvalue weighted by Crippen LogP contribution is -2.31. The van der Waals surface area contributed by atoms with Crippen molar-refractivity contribution >= 4 is 5.91 Å². The number of hydrogen-bond donors (Lipinski definition) is 0. The second-order valence-electron chi connectivity index (χ2n) is 6.57. The van der Waals surface area contributed by atoms with Crippen molar-refractivity contribution in [1.82, 2.24) is 20.0 Å². The summed E-state index contributed by atoms with van der Waals surface area (Å²) in [5.41, 5.74) is 1.03. The monoisotopic (exact) mass is 328 g/mol. The first-order chi connectivity index (χ1) is 11.6. The molecule has 2 aromatic heterocycles. The molecule has 1 aliphatic rings. The normalized spacial score (nSPS) is 17.6. The molecule has 1 amide bonds. The van der Waals surface area contributed by atoms with Gasteiger partial charge in [-0.05, 0) is 37.8 Å². The maximum atomic E-state index is 12.6. The smallest absolute Gasteiger partial charge is 0.229 e. The Morgan fingerprint density at radius 3 is 3.00 bits per heavy atom. The summed E-state index contributed by atoms with van der Waals surface area (Å²) < 4.78 is 5.30. The van der Waals surface area contributed by atoms with Crippen LogP contribution in [-0.4, -0.2) is 32.5 Å². The van der Waals surface area contributed by atoms with E-state index in [0.717, 1.165) is 37.9 Å². The van der Waals surface area contributed by atoms with Crippen LogP contribution in [0.25, 0.3) is 0 Å². The van der Waals surface area contributed by atoms with Crippen molar-refractivity contribution in [2.24, 2.45) is 0 Å². The standard InChI is InChI=1S/C18H24N4O2/c1-13(2)18-20-17(21-24-18)15-9-6-12-22(15)16(23)10-5-8-14-7-3-4-11-19-14/h3-4,7,11,13,15H,5-6,8-10,12H2,1-2H3/t15-/m1/s1. The Balaban J connectivity index is 1.57. The number of hydrogen-bond acceptors (Lipinski definition) is 5. The first kappa shape index (κ1) is 16.6. The van der Waals surface area contributed by atoms with Gasteiger partial charge in [-0.1, -0.05) is 25.1 Å². The van der Waals surface area contributed by atoms with Crippen molar-refractivity contribution < 1.29 is 9.32 Å². The van der Waals surface area contributed by atoms with Gasteiger partial charge in [0, 0.05) is 30.8 Å². The number of rotatable bonds is 6. The van der Waals surface area contributed by atoms with Crippen molar-refractivity contribution in [3.05, 3.63) is 41.8 Å². The quantitative estimate of drug-likeness (QED) is 0.814. The molecule has 0 spiro atoms. The Morgan fingerprint density at radius 1 is 1.42 bits per heavy atom. The molecule has 1 fully saturated rings. The molecule has 0 unspecified atom stereocenters. The average Bonchev–Trinajstić information content (AvgIpc) is 3.24. The van der Waals surface area contributed by atoms with Crippen LogP contribution >= 0.6 is 0 Å². The Morgan fingerprint density at radius 2 is 2.29 bits per heavy atom. The van der Waals surface area contributed by atoms with E-state index in [2.05, 4.69) is 15.1 Å². The van der Waals surface area contributed by atoms with Crippen LogP contribution in [0, 0.1) is 0 Å². The summed E-state index contributed by atoms with van der Waals surface area (Å²) in [6.45, 7) is 4.82. The Bertz CT molecular complexity index is 669. The highest BCUT2D eigenvalue weighted by Gasteiger charge is 2.33. The molecule has 0 saturated carbocycles. The fourth-order valence-corrected chi connectivity index (χ4v) is 3.06. The number of amides is 1. The highest BCUT2D eigenvalue weighted by atomic mass is 16.5. The molecule has 2 aromatic rings. The van der Waals surface area contributed by atoms with E-state index in [9.17, 15) is 4.79 Å². The maximum Gasteiger partial charge on any atom is 0.229 e. The van der Waals surface area contributed by atoms with E-state index < -0.39 is 0 Å². The molecule has 0 radical (unpaired) electrons. The number of pyridine rings is 1. The highest BCUT2D eigenvalue weighted by Crippen LogP contribution is 2.31. The number of carbonyl (C=O) groups excluding carboxylic acids is 1. The fourth-order valence-electron chi connectivity index (χ4n) is 3.06. The summed E-state index contributed by atoms with van der Waals surface area (Å²) in [6.07, 6.45) is 5.84. The molecule has 6 nitrogen and oxygen atoms in total. The Hall–Kier alpha value is -2.24. The summed E-state index contributed by atoms with van der Waals surface area (Å²) in [7, 11) is 0. The molecular weight excluding hydrogens is 304 g/mol. The van der Waals surface area contributed by atoms with E-state index >= 15 is 0 Å². The summed E-state index contributed by atoms with van der Waals surface area (Å²) in [5, 5.41) is 4.09. The lowest BCUT2D eigenvalue weighted by Gasteiger charge is -2.22. The number of nitrogens with zero attached hydrogens (tertiary/aromatic N) is 4. The van der Waals surface area contributed by atoms with Crippen LogP contribution in [0.15, 0.2) is 28.9 Å². The summed E-state index contributed by atoms with van der Waals surface area (Å²) in [4.78, 5) is 23.3. The van der Waals surface area contributed by atoms with Crippen LogP contribution in [0.2, 0.25) is 0 Å². The molecule has 3 rings (SSSR count). The third-order valence-electron chi connectivity index (χ3n) is 4.37. The first-order valence-electron chi connectivity index (χ1n) is 8.68. The summed E-state index contributed by atoms with van der Waals surface area (Å²) in [5.74, 6) is 1.66. The summed E-state index contributed by atoms with van der Waals surface area (Å²) >= 11 is 0. The van der Waals surface area contributed by atoms with Crippen LogP contribution in [0.3, 0.4) is 0 Å². The minimum atomic E-state index is -0.0383. The van der Waals surface area contributed by atoms with Crippen molar-refractivity contribution in [2.75, 3.05) is 6.54 Å². The molecule has 1 saturated heterocycles. The van der Waals surface area contributed by atoms with Crippen LogP contribution in [0.4, 0.5) is 0 Å². The van der Waals surface area contributed by atoms with E-state index in [4.69, 9.17) is 4.52 Å². The molecule has 1 atom stereocenters. The third kappa shape index (κ3) is 3.80. The van der Waals surface area contributed by atoms with E-state index in [1.54, 1.807) is 6.20 Å². The predicted octanol–water partition coefficient (Wildman–Crippen LogP) is 3.27. The number of aryl methyl sites for hydroxylation is 1. The summed E-state index contributed by atoms with van der Waals surface area (Å²) in [6, 6.07) is 5.84. The predicted molar refractivity (Wildman–Crippen MR) is 89.3 cm³/mol. The van der Waals surface area contributed by atoms with Crippen molar-refractivity contribution in [2.45, 2.75) is 57.9 Å². The second-order valence-corrected chi connectivity index (χ2v) is 6.57. The third-order valence-corrected chi connectivity index (χ3v) is 4.37. The van der Waals surface area contributed by atoms with Gasteiger partial charge in [0.15, 0.2) is 5.82 Å². The zero-order valence-electron chi connectivity index (χ0n) is 14.3. The maximum absolute atomic E-state index is 12.6. The molecule has 3 heterocycles. The van der Waals surface area contributed by atoms with Gasteiger partial charge in [0.1, 0.15) is 0 Å². The topological polar surface area (TPSA) is 72.1 Å². The number of aromatic nitrogens is 3.